The Morgan fingerprint density at radius 1 is 1.00 bits per heavy atom. The Bertz CT molecular complexity index is 930. The standard InChI is InChI=1S/C21H24N4O3.ClH/c22-18(12-16-13-25-19-9-5-4-8-17(16)19)20(26)23-10-11-24-21(27)28-14-15-6-2-1-3-7-15;/h1-9,13,18,25H,10-12,14,22H2,(H,23,26)(H,24,27);1H/t18-;/m0./s1. The Morgan fingerprint density at radius 2 is 1.69 bits per heavy atom. The first kappa shape index (κ1) is 22.3. The lowest BCUT2D eigenvalue weighted by atomic mass is 10.1. The van der Waals surface area contributed by atoms with Gasteiger partial charge >= 0.3 is 6.09 Å². The van der Waals surface area contributed by atoms with E-state index >= 15 is 0 Å². The molecule has 0 saturated carbocycles. The largest absolute Gasteiger partial charge is 1.00 e. The summed E-state index contributed by atoms with van der Waals surface area (Å²) in [5, 5.41) is 6.51. The second-order valence-electron chi connectivity index (χ2n) is 6.54. The number of benzene rings is 2. The molecule has 6 N–H and O–H groups in total. The first-order chi connectivity index (χ1) is 13.6. The molecule has 0 saturated heterocycles. The van der Waals surface area contributed by atoms with Crippen molar-refractivity contribution >= 4 is 22.9 Å². The first-order valence-electron chi connectivity index (χ1n) is 9.24. The van der Waals surface area contributed by atoms with Gasteiger partial charge in [0.05, 0.1) is 0 Å². The highest BCUT2D eigenvalue weighted by Gasteiger charge is 2.19. The van der Waals surface area contributed by atoms with E-state index in [1.165, 1.54) is 0 Å². The SMILES string of the molecule is [Cl-].[NH3+][C@@H](Cc1c[nH]c2ccccc12)C(=O)NCCNC(=O)OCc1ccccc1. The van der Waals surface area contributed by atoms with E-state index in [9.17, 15) is 9.59 Å². The number of amides is 2. The Kier molecular flexibility index (Phi) is 8.51. The number of halogens is 1. The Balaban J connectivity index is 0.00000300. The van der Waals surface area contributed by atoms with Crippen LogP contribution in [0.1, 0.15) is 11.1 Å². The van der Waals surface area contributed by atoms with Crippen LogP contribution in [0.4, 0.5) is 4.79 Å². The van der Waals surface area contributed by atoms with E-state index in [0.717, 1.165) is 22.0 Å². The predicted octanol–water partition coefficient (Wildman–Crippen LogP) is -1.63. The summed E-state index contributed by atoms with van der Waals surface area (Å²) in [7, 11) is 0. The molecule has 0 unspecified atom stereocenters. The van der Waals surface area contributed by atoms with Crippen molar-refractivity contribution in [2.24, 2.45) is 0 Å². The van der Waals surface area contributed by atoms with Crippen LogP contribution in [0, 0.1) is 0 Å². The first-order valence-corrected chi connectivity index (χ1v) is 9.24. The third-order valence-electron chi connectivity index (χ3n) is 4.42. The average Bonchev–Trinajstić information content (AvgIpc) is 3.13. The number of carbonyl (C=O) groups is 2. The topological polar surface area (TPSA) is 111 Å². The third kappa shape index (κ3) is 6.51. The average molecular weight is 417 g/mol. The van der Waals surface area contributed by atoms with Crippen LogP contribution in [0.3, 0.4) is 0 Å². The number of aromatic nitrogens is 1. The smallest absolute Gasteiger partial charge is 0.407 e. The number of carbonyl (C=O) groups excluding carboxylic acids is 2. The molecule has 8 heteroatoms. The molecule has 1 heterocycles. The van der Waals surface area contributed by atoms with E-state index < -0.39 is 12.1 Å². The molecule has 0 aliphatic rings. The molecule has 1 atom stereocenters. The minimum atomic E-state index is -0.511. The summed E-state index contributed by atoms with van der Waals surface area (Å²) < 4.78 is 5.12. The zero-order valence-corrected chi connectivity index (χ0v) is 16.7. The van der Waals surface area contributed by atoms with Crippen LogP contribution >= 0.6 is 0 Å². The molecule has 0 spiro atoms. The van der Waals surface area contributed by atoms with Crippen molar-refractivity contribution in [3.8, 4) is 0 Å². The third-order valence-corrected chi connectivity index (χ3v) is 4.42. The van der Waals surface area contributed by atoms with Crippen LogP contribution in [0.2, 0.25) is 0 Å². The molecule has 0 aliphatic heterocycles. The number of quaternary nitrogens is 1. The Morgan fingerprint density at radius 3 is 2.48 bits per heavy atom. The summed E-state index contributed by atoms with van der Waals surface area (Å²) in [6, 6.07) is 17.0. The van der Waals surface area contributed by atoms with Gasteiger partial charge < -0.3 is 38.5 Å². The van der Waals surface area contributed by atoms with Crippen LogP contribution in [-0.2, 0) is 22.6 Å². The van der Waals surface area contributed by atoms with Gasteiger partial charge in [0, 0.05) is 36.6 Å². The van der Waals surface area contributed by atoms with Gasteiger partial charge in [0.15, 0.2) is 6.04 Å². The van der Waals surface area contributed by atoms with E-state index in [0.29, 0.717) is 19.5 Å². The number of H-pyrrole nitrogens is 1. The van der Waals surface area contributed by atoms with E-state index in [2.05, 4.69) is 21.4 Å². The molecule has 2 amide bonds. The number of hydrogen-bond donors (Lipinski definition) is 4. The number of ether oxygens (including phenoxy) is 1. The lowest BCUT2D eigenvalue weighted by Gasteiger charge is -2.10. The molecule has 0 bridgehead atoms. The maximum Gasteiger partial charge on any atom is 0.407 e. The number of alkyl carbamates (subject to hydrolysis) is 1. The molecule has 1 aromatic heterocycles. The summed E-state index contributed by atoms with van der Waals surface area (Å²) in [6.45, 7) is 0.822. The Labute approximate surface area is 175 Å². The van der Waals surface area contributed by atoms with Gasteiger partial charge in [0.25, 0.3) is 5.91 Å². The highest BCUT2D eigenvalue weighted by atomic mass is 35.5. The fraction of sp³-hybridized carbons (Fsp3) is 0.238. The molecule has 2 aromatic carbocycles. The van der Waals surface area contributed by atoms with Crippen molar-refractivity contribution in [1.29, 1.82) is 0 Å². The maximum absolute atomic E-state index is 12.2. The summed E-state index contributed by atoms with van der Waals surface area (Å²) >= 11 is 0. The maximum atomic E-state index is 12.2. The number of hydrogen-bond acceptors (Lipinski definition) is 3. The Hall–Kier alpha value is -3.03. The van der Waals surface area contributed by atoms with Gasteiger partial charge in [-0.05, 0) is 17.2 Å². The minimum absolute atomic E-state index is 0. The van der Waals surface area contributed by atoms with Gasteiger partial charge in [-0.25, -0.2) is 4.79 Å². The molecule has 3 aromatic rings. The summed E-state index contributed by atoms with van der Waals surface area (Å²) in [6.07, 6.45) is 1.95. The van der Waals surface area contributed by atoms with Crippen LogP contribution in [0.25, 0.3) is 10.9 Å². The fourth-order valence-electron chi connectivity index (χ4n) is 2.93. The van der Waals surface area contributed by atoms with Crippen LogP contribution in [0.5, 0.6) is 0 Å². The van der Waals surface area contributed by atoms with Gasteiger partial charge in [-0.15, -0.1) is 0 Å². The fourth-order valence-corrected chi connectivity index (χ4v) is 2.93. The van der Waals surface area contributed by atoms with Gasteiger partial charge in [0.2, 0.25) is 0 Å². The van der Waals surface area contributed by atoms with Crippen molar-refractivity contribution in [2.75, 3.05) is 13.1 Å². The van der Waals surface area contributed by atoms with E-state index in [-0.39, 0.29) is 24.9 Å². The quantitative estimate of drug-likeness (QED) is 0.331. The predicted molar refractivity (Wildman–Crippen MR) is 106 cm³/mol. The van der Waals surface area contributed by atoms with Gasteiger partial charge in [-0.3, -0.25) is 4.79 Å². The molecule has 0 fully saturated rings. The lowest BCUT2D eigenvalue weighted by Crippen LogP contribution is -3.00. The van der Waals surface area contributed by atoms with Gasteiger partial charge in [0.1, 0.15) is 6.61 Å². The number of para-hydroxylation sites is 1. The highest BCUT2D eigenvalue weighted by molar-refractivity contribution is 5.85. The molecule has 154 valence electrons. The van der Waals surface area contributed by atoms with Gasteiger partial charge in [-0.2, -0.15) is 0 Å². The van der Waals surface area contributed by atoms with Crippen molar-refractivity contribution in [3.63, 3.8) is 0 Å². The lowest BCUT2D eigenvalue weighted by molar-refractivity contribution is -0.403. The van der Waals surface area contributed by atoms with E-state index in [1.807, 2.05) is 60.8 Å². The second-order valence-corrected chi connectivity index (χ2v) is 6.54. The van der Waals surface area contributed by atoms with Crippen molar-refractivity contribution in [1.82, 2.24) is 15.6 Å². The number of aromatic amines is 1. The molecular weight excluding hydrogens is 392 g/mol. The van der Waals surface area contributed by atoms with Crippen molar-refractivity contribution in [3.05, 3.63) is 71.9 Å². The molecule has 7 nitrogen and oxygen atoms in total. The van der Waals surface area contributed by atoms with Crippen LogP contribution in [-0.4, -0.2) is 36.1 Å². The zero-order valence-electron chi connectivity index (χ0n) is 16.0. The number of rotatable bonds is 8. The minimum Gasteiger partial charge on any atom is -1.00 e. The zero-order chi connectivity index (χ0) is 19.8. The normalized spacial score (nSPS) is 11.3. The van der Waals surface area contributed by atoms with E-state index in [1.54, 1.807) is 0 Å². The summed E-state index contributed by atoms with van der Waals surface area (Å²) in [4.78, 5) is 27.1. The molecule has 29 heavy (non-hydrogen) atoms. The van der Waals surface area contributed by atoms with Crippen molar-refractivity contribution < 1.29 is 32.5 Å². The molecular formula is C21H25ClN4O3. The van der Waals surface area contributed by atoms with E-state index in [4.69, 9.17) is 4.74 Å². The number of nitrogens with one attached hydrogen (secondary N) is 3. The molecule has 0 radical (unpaired) electrons. The van der Waals surface area contributed by atoms with Crippen LogP contribution in [0.15, 0.2) is 60.8 Å². The summed E-state index contributed by atoms with van der Waals surface area (Å²) in [5.74, 6) is -0.148. The second kappa shape index (κ2) is 11.1. The van der Waals surface area contributed by atoms with Crippen molar-refractivity contribution in [2.45, 2.75) is 19.1 Å². The molecule has 0 aliphatic carbocycles. The monoisotopic (exact) mass is 416 g/mol. The molecule has 3 rings (SSSR count). The van der Waals surface area contributed by atoms with Gasteiger partial charge in [-0.1, -0.05) is 48.5 Å². The summed E-state index contributed by atoms with van der Waals surface area (Å²) in [5.41, 5.74) is 6.99. The highest BCUT2D eigenvalue weighted by Crippen LogP contribution is 2.18. The number of fused-ring (bicyclic) bond motifs is 1. The van der Waals surface area contributed by atoms with Crippen LogP contribution < -0.4 is 28.8 Å².